The Balaban J connectivity index is 2.62. The van der Waals surface area contributed by atoms with Crippen molar-refractivity contribution in [1.82, 2.24) is 5.32 Å². The standard InChI is InChI=1S/C13H18BrNO/c1-10(16)8-15-9-13(2,3)11-4-6-12(14)7-5-11/h4-7,15H,8-9H2,1-3H3. The number of hydrogen-bond acceptors (Lipinski definition) is 2. The van der Waals surface area contributed by atoms with Gasteiger partial charge in [0.05, 0.1) is 6.54 Å². The summed E-state index contributed by atoms with van der Waals surface area (Å²) in [7, 11) is 0. The molecule has 2 nitrogen and oxygen atoms in total. The van der Waals surface area contributed by atoms with Crippen LogP contribution in [-0.4, -0.2) is 18.9 Å². The van der Waals surface area contributed by atoms with Crippen LogP contribution in [0.5, 0.6) is 0 Å². The molecule has 0 radical (unpaired) electrons. The van der Waals surface area contributed by atoms with Crippen LogP contribution in [0.3, 0.4) is 0 Å². The maximum Gasteiger partial charge on any atom is 0.143 e. The monoisotopic (exact) mass is 283 g/mol. The molecular formula is C13H18BrNO. The Morgan fingerprint density at radius 3 is 2.38 bits per heavy atom. The smallest absolute Gasteiger partial charge is 0.143 e. The number of hydrogen-bond donors (Lipinski definition) is 1. The van der Waals surface area contributed by atoms with Crippen LogP contribution in [0.25, 0.3) is 0 Å². The molecule has 1 rings (SSSR count). The van der Waals surface area contributed by atoms with Gasteiger partial charge in [-0.05, 0) is 24.6 Å². The highest BCUT2D eigenvalue weighted by Gasteiger charge is 2.19. The summed E-state index contributed by atoms with van der Waals surface area (Å²) in [5, 5.41) is 3.18. The van der Waals surface area contributed by atoms with Gasteiger partial charge in [-0.1, -0.05) is 41.9 Å². The van der Waals surface area contributed by atoms with E-state index in [4.69, 9.17) is 0 Å². The number of carbonyl (C=O) groups is 1. The molecular weight excluding hydrogens is 266 g/mol. The molecule has 0 aliphatic rings. The van der Waals surface area contributed by atoms with Crippen molar-refractivity contribution in [3.8, 4) is 0 Å². The third-order valence-corrected chi connectivity index (χ3v) is 3.10. The topological polar surface area (TPSA) is 29.1 Å². The molecule has 0 aliphatic heterocycles. The summed E-state index contributed by atoms with van der Waals surface area (Å²) in [6.45, 7) is 7.18. The summed E-state index contributed by atoms with van der Waals surface area (Å²) >= 11 is 3.42. The Kier molecular flexibility index (Phi) is 4.69. The first kappa shape index (κ1) is 13.4. The summed E-state index contributed by atoms with van der Waals surface area (Å²) in [4.78, 5) is 10.8. The lowest BCUT2D eigenvalue weighted by Crippen LogP contribution is -2.35. The molecule has 0 saturated heterocycles. The van der Waals surface area contributed by atoms with Crippen molar-refractivity contribution in [2.24, 2.45) is 0 Å². The SMILES string of the molecule is CC(=O)CNCC(C)(C)c1ccc(Br)cc1. The van der Waals surface area contributed by atoms with Crippen molar-refractivity contribution in [3.63, 3.8) is 0 Å². The quantitative estimate of drug-likeness (QED) is 0.900. The van der Waals surface area contributed by atoms with Gasteiger partial charge in [0.1, 0.15) is 5.78 Å². The number of rotatable bonds is 5. The van der Waals surface area contributed by atoms with Crippen molar-refractivity contribution < 1.29 is 4.79 Å². The number of halogens is 1. The van der Waals surface area contributed by atoms with Crippen LogP contribution < -0.4 is 5.32 Å². The molecule has 1 aromatic carbocycles. The fourth-order valence-corrected chi connectivity index (χ4v) is 1.82. The van der Waals surface area contributed by atoms with Crippen molar-refractivity contribution in [3.05, 3.63) is 34.3 Å². The number of benzene rings is 1. The minimum Gasteiger partial charge on any atom is -0.309 e. The number of nitrogens with one attached hydrogen (secondary N) is 1. The first-order valence-electron chi connectivity index (χ1n) is 5.38. The van der Waals surface area contributed by atoms with Gasteiger partial charge in [-0.3, -0.25) is 4.79 Å². The molecule has 0 saturated carbocycles. The van der Waals surface area contributed by atoms with Crippen LogP contribution in [0.4, 0.5) is 0 Å². The molecule has 0 unspecified atom stereocenters. The van der Waals surface area contributed by atoms with E-state index in [9.17, 15) is 4.79 Å². The minimum absolute atomic E-state index is 0.0378. The highest BCUT2D eigenvalue weighted by Crippen LogP contribution is 2.23. The number of Topliss-reactive ketones (excluding diaryl/α,β-unsaturated/α-hetero) is 1. The van der Waals surface area contributed by atoms with Gasteiger partial charge in [0.25, 0.3) is 0 Å². The van der Waals surface area contributed by atoms with E-state index in [1.165, 1.54) is 5.56 Å². The Labute approximate surface area is 106 Å². The molecule has 0 heterocycles. The van der Waals surface area contributed by atoms with Crippen molar-refractivity contribution in [2.75, 3.05) is 13.1 Å². The number of carbonyl (C=O) groups excluding carboxylic acids is 1. The molecule has 3 heteroatoms. The van der Waals surface area contributed by atoms with Gasteiger partial charge in [0, 0.05) is 16.4 Å². The fourth-order valence-electron chi connectivity index (χ4n) is 1.55. The number of ketones is 1. The van der Waals surface area contributed by atoms with Crippen molar-refractivity contribution in [1.29, 1.82) is 0 Å². The summed E-state index contributed by atoms with van der Waals surface area (Å²) in [6, 6.07) is 8.31. The van der Waals surface area contributed by atoms with E-state index in [1.54, 1.807) is 6.92 Å². The Bertz CT molecular complexity index is 357. The zero-order chi connectivity index (χ0) is 12.2. The first-order chi connectivity index (χ1) is 7.42. The van der Waals surface area contributed by atoms with Crippen molar-refractivity contribution in [2.45, 2.75) is 26.2 Å². The summed E-state index contributed by atoms with van der Waals surface area (Å²) in [5.41, 5.74) is 1.31. The Morgan fingerprint density at radius 2 is 1.88 bits per heavy atom. The normalized spacial score (nSPS) is 11.5. The molecule has 0 bridgehead atoms. The average Bonchev–Trinajstić information content (AvgIpc) is 2.17. The molecule has 0 atom stereocenters. The lowest BCUT2D eigenvalue weighted by atomic mass is 9.84. The minimum atomic E-state index is 0.0378. The molecule has 0 spiro atoms. The highest BCUT2D eigenvalue weighted by molar-refractivity contribution is 9.10. The Morgan fingerprint density at radius 1 is 1.31 bits per heavy atom. The van der Waals surface area contributed by atoms with Gasteiger partial charge < -0.3 is 5.32 Å². The molecule has 0 fully saturated rings. The van der Waals surface area contributed by atoms with E-state index in [0.29, 0.717) is 6.54 Å². The van der Waals surface area contributed by atoms with E-state index >= 15 is 0 Å². The predicted octanol–water partition coefficient (Wildman–Crippen LogP) is 2.91. The van der Waals surface area contributed by atoms with E-state index < -0.39 is 0 Å². The van der Waals surface area contributed by atoms with Gasteiger partial charge in [-0.25, -0.2) is 0 Å². The van der Waals surface area contributed by atoms with Crippen LogP contribution in [0.1, 0.15) is 26.3 Å². The van der Waals surface area contributed by atoms with Crippen LogP contribution >= 0.6 is 15.9 Å². The summed E-state index contributed by atoms with van der Waals surface area (Å²) < 4.78 is 1.09. The van der Waals surface area contributed by atoms with E-state index in [2.05, 4.69) is 47.2 Å². The second kappa shape index (κ2) is 5.60. The molecule has 0 amide bonds. The highest BCUT2D eigenvalue weighted by atomic mass is 79.9. The summed E-state index contributed by atoms with van der Waals surface area (Å²) in [6.07, 6.45) is 0. The molecule has 88 valence electrons. The average molecular weight is 284 g/mol. The second-order valence-electron chi connectivity index (χ2n) is 4.70. The van der Waals surface area contributed by atoms with Crippen molar-refractivity contribution >= 4 is 21.7 Å². The fraction of sp³-hybridized carbons (Fsp3) is 0.462. The maximum atomic E-state index is 10.8. The van der Waals surface area contributed by atoms with E-state index in [0.717, 1.165) is 11.0 Å². The van der Waals surface area contributed by atoms with Gasteiger partial charge in [-0.2, -0.15) is 0 Å². The summed E-state index contributed by atoms with van der Waals surface area (Å²) in [5.74, 6) is 0.173. The van der Waals surface area contributed by atoms with Crippen LogP contribution in [-0.2, 0) is 10.2 Å². The molecule has 16 heavy (non-hydrogen) atoms. The van der Waals surface area contributed by atoms with Crippen LogP contribution in [0, 0.1) is 0 Å². The van der Waals surface area contributed by atoms with Gasteiger partial charge >= 0.3 is 0 Å². The third-order valence-electron chi connectivity index (χ3n) is 2.57. The Hall–Kier alpha value is -0.670. The zero-order valence-electron chi connectivity index (χ0n) is 10.0. The molecule has 0 aromatic heterocycles. The lowest BCUT2D eigenvalue weighted by Gasteiger charge is -2.25. The van der Waals surface area contributed by atoms with Crippen LogP contribution in [0.2, 0.25) is 0 Å². The molecule has 1 aromatic rings. The molecule has 1 N–H and O–H groups in total. The second-order valence-corrected chi connectivity index (χ2v) is 5.61. The largest absolute Gasteiger partial charge is 0.309 e. The maximum absolute atomic E-state index is 10.8. The van der Waals surface area contributed by atoms with Gasteiger partial charge in [0.15, 0.2) is 0 Å². The van der Waals surface area contributed by atoms with E-state index in [-0.39, 0.29) is 11.2 Å². The van der Waals surface area contributed by atoms with E-state index in [1.807, 2.05) is 12.1 Å². The lowest BCUT2D eigenvalue weighted by molar-refractivity contribution is -0.116. The third kappa shape index (κ3) is 4.06. The van der Waals surface area contributed by atoms with Gasteiger partial charge in [0.2, 0.25) is 0 Å². The van der Waals surface area contributed by atoms with Gasteiger partial charge in [-0.15, -0.1) is 0 Å². The predicted molar refractivity (Wildman–Crippen MR) is 70.7 cm³/mol. The zero-order valence-corrected chi connectivity index (χ0v) is 11.6. The van der Waals surface area contributed by atoms with Crippen LogP contribution in [0.15, 0.2) is 28.7 Å². The molecule has 0 aliphatic carbocycles. The first-order valence-corrected chi connectivity index (χ1v) is 6.17.